The molecule has 3 N–H and O–H groups in total. The van der Waals surface area contributed by atoms with Crippen molar-refractivity contribution in [2.75, 3.05) is 31.2 Å². The number of hydroxylamine groups is 1. The summed E-state index contributed by atoms with van der Waals surface area (Å²) in [5.41, 5.74) is 2.55. The molecule has 8 heteroatoms. The summed E-state index contributed by atoms with van der Waals surface area (Å²) in [7, 11) is 0. The van der Waals surface area contributed by atoms with E-state index in [1.54, 1.807) is 16.7 Å². The monoisotopic (exact) mass is 396 g/mol. The lowest BCUT2D eigenvalue weighted by Gasteiger charge is -2.31. The number of carbonyl (C=O) groups is 2. The summed E-state index contributed by atoms with van der Waals surface area (Å²) < 4.78 is 5.42. The molecular formula is C19H28N2O5S. The molecule has 1 fully saturated rings. The van der Waals surface area contributed by atoms with Crippen LogP contribution in [0.1, 0.15) is 25.3 Å². The topological polar surface area (TPSA) is 99.1 Å². The fourth-order valence-electron chi connectivity index (χ4n) is 3.13. The molecule has 0 aliphatic carbocycles. The van der Waals surface area contributed by atoms with Crippen LogP contribution in [0, 0.1) is 5.92 Å². The molecule has 1 heterocycles. The maximum absolute atomic E-state index is 12.8. The Kier molecular flexibility index (Phi) is 8.90. The minimum absolute atomic E-state index is 0.224. The average molecular weight is 397 g/mol. The lowest BCUT2D eigenvalue weighted by molar-refractivity contribution is -0.150. The number of nitrogens with zero attached hydrogens (tertiary/aromatic N) is 1. The first-order valence-corrected chi connectivity index (χ1v) is 10.4. The molecule has 1 aliphatic heterocycles. The second-order valence-corrected chi connectivity index (χ2v) is 7.66. The molecule has 1 saturated heterocycles. The molecule has 0 spiro atoms. The van der Waals surface area contributed by atoms with Gasteiger partial charge in [0.2, 0.25) is 5.91 Å². The maximum atomic E-state index is 12.8. The van der Waals surface area contributed by atoms with Gasteiger partial charge in [0.05, 0.1) is 12.5 Å². The summed E-state index contributed by atoms with van der Waals surface area (Å²) in [5.74, 6) is 0.494. The average Bonchev–Trinajstić information content (AvgIpc) is 2.71. The summed E-state index contributed by atoms with van der Waals surface area (Å²) in [6.45, 7) is 3.78. The predicted molar refractivity (Wildman–Crippen MR) is 104 cm³/mol. The standard InChI is InChI=1S/C19H28N2O5S/c1-2-26-15-8-6-14(7-9-15)4-3-5-16(17(22)18(23)20-25)19(24)21-10-12-27-13-11-21/h6-9,16-17,22,25H,2-5,10-13H2,1H3,(H,20,23)/t16-,17+/m1/s1. The van der Waals surface area contributed by atoms with Gasteiger partial charge in [0.15, 0.2) is 0 Å². The molecule has 0 unspecified atom stereocenters. The number of aliphatic hydroxyl groups is 1. The van der Waals surface area contributed by atoms with E-state index < -0.39 is 17.9 Å². The smallest absolute Gasteiger partial charge is 0.272 e. The zero-order valence-electron chi connectivity index (χ0n) is 15.6. The molecule has 27 heavy (non-hydrogen) atoms. The SMILES string of the molecule is CCOc1ccc(CCC[C@@H](C(=O)N2CCSCC2)[C@H](O)C(=O)NO)cc1. The highest BCUT2D eigenvalue weighted by Gasteiger charge is 2.34. The van der Waals surface area contributed by atoms with Crippen LogP contribution in [0.5, 0.6) is 5.75 Å². The van der Waals surface area contributed by atoms with Crippen LogP contribution in [-0.4, -0.2) is 64.3 Å². The maximum Gasteiger partial charge on any atom is 0.272 e. The molecule has 0 saturated carbocycles. The van der Waals surface area contributed by atoms with E-state index in [9.17, 15) is 14.7 Å². The number of hydrogen-bond acceptors (Lipinski definition) is 6. The zero-order valence-corrected chi connectivity index (χ0v) is 16.4. The number of rotatable bonds is 9. The molecule has 0 bridgehead atoms. The van der Waals surface area contributed by atoms with Crippen molar-refractivity contribution >= 4 is 23.6 Å². The van der Waals surface area contributed by atoms with Crippen molar-refractivity contribution in [2.45, 2.75) is 32.3 Å². The van der Waals surface area contributed by atoms with E-state index in [2.05, 4.69) is 0 Å². The van der Waals surface area contributed by atoms with E-state index in [-0.39, 0.29) is 5.91 Å². The Morgan fingerprint density at radius 3 is 2.52 bits per heavy atom. The van der Waals surface area contributed by atoms with Gasteiger partial charge in [0.1, 0.15) is 11.9 Å². The Morgan fingerprint density at radius 2 is 1.93 bits per heavy atom. The van der Waals surface area contributed by atoms with Gasteiger partial charge >= 0.3 is 0 Å². The number of thioether (sulfide) groups is 1. The van der Waals surface area contributed by atoms with Gasteiger partial charge in [-0.15, -0.1) is 0 Å². The summed E-state index contributed by atoms with van der Waals surface area (Å²) >= 11 is 1.78. The van der Waals surface area contributed by atoms with E-state index in [1.165, 1.54) is 5.48 Å². The van der Waals surface area contributed by atoms with Gasteiger partial charge in [-0.2, -0.15) is 11.8 Å². The van der Waals surface area contributed by atoms with Crippen molar-refractivity contribution in [3.8, 4) is 5.75 Å². The molecule has 150 valence electrons. The van der Waals surface area contributed by atoms with Gasteiger partial charge in [-0.25, -0.2) is 5.48 Å². The highest BCUT2D eigenvalue weighted by atomic mass is 32.2. The molecule has 0 aromatic heterocycles. The minimum atomic E-state index is -1.56. The van der Waals surface area contributed by atoms with Crippen molar-refractivity contribution < 1.29 is 24.6 Å². The molecule has 0 radical (unpaired) electrons. The molecule has 1 aliphatic rings. The van der Waals surface area contributed by atoms with Crippen LogP contribution in [0.3, 0.4) is 0 Å². The molecule has 1 aromatic rings. The van der Waals surface area contributed by atoms with Gasteiger partial charge in [-0.1, -0.05) is 12.1 Å². The first-order valence-electron chi connectivity index (χ1n) is 9.27. The van der Waals surface area contributed by atoms with Gasteiger partial charge in [-0.05, 0) is 43.9 Å². The number of carbonyl (C=O) groups excluding carboxylic acids is 2. The van der Waals surface area contributed by atoms with Crippen molar-refractivity contribution in [3.05, 3.63) is 29.8 Å². The number of nitrogens with one attached hydrogen (secondary N) is 1. The Bertz CT molecular complexity index is 605. The van der Waals surface area contributed by atoms with E-state index in [1.807, 2.05) is 31.2 Å². The second-order valence-electron chi connectivity index (χ2n) is 6.43. The number of hydrogen-bond donors (Lipinski definition) is 3. The van der Waals surface area contributed by atoms with E-state index in [0.717, 1.165) is 29.2 Å². The van der Waals surface area contributed by atoms with Gasteiger partial charge < -0.3 is 14.7 Å². The lowest BCUT2D eigenvalue weighted by atomic mass is 9.92. The third-order valence-corrected chi connectivity index (χ3v) is 5.56. The highest BCUT2D eigenvalue weighted by molar-refractivity contribution is 7.99. The number of benzene rings is 1. The van der Waals surface area contributed by atoms with Crippen molar-refractivity contribution in [1.29, 1.82) is 0 Å². The van der Waals surface area contributed by atoms with Crippen molar-refractivity contribution in [1.82, 2.24) is 10.4 Å². The highest BCUT2D eigenvalue weighted by Crippen LogP contribution is 2.21. The number of amides is 2. The zero-order chi connectivity index (χ0) is 19.6. The summed E-state index contributed by atoms with van der Waals surface area (Å²) in [6.07, 6.45) is 0.171. The van der Waals surface area contributed by atoms with Crippen LogP contribution in [0.15, 0.2) is 24.3 Å². The van der Waals surface area contributed by atoms with Crippen LogP contribution in [-0.2, 0) is 16.0 Å². The Labute approximate surface area is 164 Å². The first kappa shape index (κ1) is 21.5. The van der Waals surface area contributed by atoms with Crippen molar-refractivity contribution in [3.63, 3.8) is 0 Å². The summed E-state index contributed by atoms with van der Waals surface area (Å²) in [6, 6.07) is 7.75. The molecule has 2 amide bonds. The third-order valence-electron chi connectivity index (χ3n) is 4.61. The lowest BCUT2D eigenvalue weighted by Crippen LogP contribution is -2.48. The molecular weight excluding hydrogens is 368 g/mol. The second kappa shape index (κ2) is 11.2. The Morgan fingerprint density at radius 1 is 1.26 bits per heavy atom. The Balaban J connectivity index is 1.96. The normalized spacial score (nSPS) is 16.5. The summed E-state index contributed by atoms with van der Waals surface area (Å²) in [5, 5.41) is 19.0. The van der Waals surface area contributed by atoms with Crippen LogP contribution < -0.4 is 10.2 Å². The largest absolute Gasteiger partial charge is 0.494 e. The summed E-state index contributed by atoms with van der Waals surface area (Å²) in [4.78, 5) is 26.2. The number of ether oxygens (including phenoxy) is 1. The third kappa shape index (κ3) is 6.41. The number of aliphatic hydroxyl groups excluding tert-OH is 1. The van der Waals surface area contributed by atoms with Crippen LogP contribution in [0.25, 0.3) is 0 Å². The van der Waals surface area contributed by atoms with E-state index in [4.69, 9.17) is 9.94 Å². The van der Waals surface area contributed by atoms with Gasteiger partial charge in [0.25, 0.3) is 5.91 Å². The quantitative estimate of drug-likeness (QED) is 0.432. The van der Waals surface area contributed by atoms with E-state index in [0.29, 0.717) is 32.5 Å². The predicted octanol–water partition coefficient (Wildman–Crippen LogP) is 1.47. The van der Waals surface area contributed by atoms with Crippen LogP contribution in [0.2, 0.25) is 0 Å². The van der Waals surface area contributed by atoms with Gasteiger partial charge in [-0.3, -0.25) is 14.8 Å². The van der Waals surface area contributed by atoms with Crippen LogP contribution >= 0.6 is 11.8 Å². The minimum Gasteiger partial charge on any atom is -0.494 e. The number of aryl methyl sites for hydroxylation is 1. The fourth-order valence-corrected chi connectivity index (χ4v) is 4.03. The van der Waals surface area contributed by atoms with Crippen LogP contribution in [0.4, 0.5) is 0 Å². The van der Waals surface area contributed by atoms with E-state index >= 15 is 0 Å². The molecule has 2 rings (SSSR count). The molecule has 1 aromatic carbocycles. The molecule has 7 nitrogen and oxygen atoms in total. The fraction of sp³-hybridized carbons (Fsp3) is 0.579. The van der Waals surface area contributed by atoms with Gasteiger partial charge in [0, 0.05) is 24.6 Å². The Hall–Kier alpha value is -1.77. The molecule has 2 atom stereocenters. The van der Waals surface area contributed by atoms with Crippen molar-refractivity contribution in [2.24, 2.45) is 5.92 Å². The first-order chi connectivity index (χ1) is 13.1.